The fourth-order valence-corrected chi connectivity index (χ4v) is 8.03. The summed E-state index contributed by atoms with van der Waals surface area (Å²) in [5.41, 5.74) is 0. The molecule has 0 saturated heterocycles. The first kappa shape index (κ1) is 58.1. The normalized spacial score (nSPS) is 13.5. The molecule has 0 heterocycles. The molecule has 0 fully saturated rings. The number of carbonyl (C=O) groups excluding carboxylic acids is 2. The van der Waals surface area contributed by atoms with Gasteiger partial charge in [-0.2, -0.15) is 0 Å². The molecule has 0 aromatic rings. The number of aliphatic hydroxyl groups is 2. The number of unbranched alkanes of at least 4 members (excludes halogenated alkanes) is 29. The molecule has 0 aromatic carbocycles. The van der Waals surface area contributed by atoms with Gasteiger partial charge in [-0.3, -0.25) is 9.59 Å². The van der Waals surface area contributed by atoms with E-state index in [2.05, 4.69) is 62.5 Å². The van der Waals surface area contributed by atoms with Crippen LogP contribution >= 0.6 is 0 Å². The van der Waals surface area contributed by atoms with Crippen molar-refractivity contribution >= 4 is 11.9 Å². The van der Waals surface area contributed by atoms with Crippen LogP contribution in [-0.2, 0) is 14.3 Å². The molecule has 60 heavy (non-hydrogen) atoms. The van der Waals surface area contributed by atoms with Crippen molar-refractivity contribution in [2.24, 2.45) is 0 Å². The number of esters is 1. The van der Waals surface area contributed by atoms with Crippen LogP contribution in [-0.4, -0.2) is 46.9 Å². The minimum absolute atomic E-state index is 0.0661. The topological polar surface area (TPSA) is 95.9 Å². The fourth-order valence-electron chi connectivity index (χ4n) is 8.03. The highest BCUT2D eigenvalue weighted by atomic mass is 16.5. The van der Waals surface area contributed by atoms with Crippen molar-refractivity contribution < 1.29 is 24.5 Å². The van der Waals surface area contributed by atoms with Crippen LogP contribution in [0.1, 0.15) is 271 Å². The maximum atomic E-state index is 13.2. The SMILES string of the molecule is CC/C=C/C/C=C/C/C=C/CCCCCCC(CC(=O)NC(CO)C(O)CCCCCCCCCCCCCCCCCCC)OC(=O)CCCCCCCCCCCC. The van der Waals surface area contributed by atoms with E-state index in [4.69, 9.17) is 4.74 Å². The minimum Gasteiger partial charge on any atom is -0.462 e. The third-order valence-electron chi connectivity index (χ3n) is 12.0. The number of hydrogen-bond acceptors (Lipinski definition) is 5. The Morgan fingerprint density at radius 1 is 0.500 bits per heavy atom. The average molecular weight is 844 g/mol. The van der Waals surface area contributed by atoms with Gasteiger partial charge in [-0.1, -0.05) is 237 Å². The molecular weight excluding hydrogens is 743 g/mol. The van der Waals surface area contributed by atoms with Crippen molar-refractivity contribution in [1.82, 2.24) is 5.32 Å². The number of amides is 1. The van der Waals surface area contributed by atoms with Crippen LogP contribution in [0.5, 0.6) is 0 Å². The second kappa shape index (κ2) is 48.1. The van der Waals surface area contributed by atoms with E-state index in [0.717, 1.165) is 83.5 Å². The van der Waals surface area contributed by atoms with E-state index in [0.29, 0.717) is 19.3 Å². The second-order valence-corrected chi connectivity index (χ2v) is 17.9. The molecule has 0 aliphatic carbocycles. The van der Waals surface area contributed by atoms with Gasteiger partial charge in [-0.05, 0) is 57.8 Å². The van der Waals surface area contributed by atoms with Crippen LogP contribution in [0.2, 0.25) is 0 Å². The summed E-state index contributed by atoms with van der Waals surface area (Å²) in [4.78, 5) is 26.1. The Morgan fingerprint density at radius 3 is 1.37 bits per heavy atom. The van der Waals surface area contributed by atoms with Gasteiger partial charge < -0.3 is 20.3 Å². The first-order valence-electron chi connectivity index (χ1n) is 26.2. The summed E-state index contributed by atoms with van der Waals surface area (Å²) in [6.45, 7) is 6.37. The Morgan fingerprint density at radius 2 is 0.900 bits per heavy atom. The molecule has 3 N–H and O–H groups in total. The molecule has 0 aliphatic rings. The Balaban J connectivity index is 4.50. The Kier molecular flexibility index (Phi) is 46.6. The van der Waals surface area contributed by atoms with Crippen LogP contribution in [0, 0.1) is 0 Å². The zero-order valence-corrected chi connectivity index (χ0v) is 40.1. The van der Waals surface area contributed by atoms with Crippen molar-refractivity contribution in [3.05, 3.63) is 36.5 Å². The number of rotatable bonds is 47. The van der Waals surface area contributed by atoms with E-state index in [-0.39, 0.29) is 24.9 Å². The van der Waals surface area contributed by atoms with E-state index < -0.39 is 18.2 Å². The maximum Gasteiger partial charge on any atom is 0.306 e. The van der Waals surface area contributed by atoms with Crippen LogP contribution < -0.4 is 5.32 Å². The van der Waals surface area contributed by atoms with E-state index >= 15 is 0 Å². The predicted molar refractivity (Wildman–Crippen MR) is 259 cm³/mol. The molecule has 0 saturated carbocycles. The number of aliphatic hydroxyl groups excluding tert-OH is 2. The van der Waals surface area contributed by atoms with Crippen LogP contribution in [0.15, 0.2) is 36.5 Å². The van der Waals surface area contributed by atoms with Crippen molar-refractivity contribution in [1.29, 1.82) is 0 Å². The van der Waals surface area contributed by atoms with Crippen molar-refractivity contribution in [2.45, 2.75) is 289 Å². The third-order valence-corrected chi connectivity index (χ3v) is 12.0. The smallest absolute Gasteiger partial charge is 0.306 e. The summed E-state index contributed by atoms with van der Waals surface area (Å²) < 4.78 is 5.91. The number of ether oxygens (including phenoxy) is 1. The molecule has 0 aliphatic heterocycles. The van der Waals surface area contributed by atoms with E-state index in [9.17, 15) is 19.8 Å². The van der Waals surface area contributed by atoms with Gasteiger partial charge in [0.15, 0.2) is 0 Å². The van der Waals surface area contributed by atoms with Gasteiger partial charge in [-0.15, -0.1) is 0 Å². The van der Waals surface area contributed by atoms with E-state index in [1.807, 2.05) is 0 Å². The maximum absolute atomic E-state index is 13.2. The zero-order chi connectivity index (χ0) is 43.8. The van der Waals surface area contributed by atoms with E-state index in [1.54, 1.807) is 0 Å². The summed E-state index contributed by atoms with van der Waals surface area (Å²) in [6.07, 6.45) is 56.4. The minimum atomic E-state index is -0.791. The zero-order valence-electron chi connectivity index (χ0n) is 40.1. The number of nitrogens with one attached hydrogen (secondary N) is 1. The lowest BCUT2D eigenvalue weighted by molar-refractivity contribution is -0.151. The largest absolute Gasteiger partial charge is 0.462 e. The van der Waals surface area contributed by atoms with E-state index in [1.165, 1.54) is 141 Å². The summed E-state index contributed by atoms with van der Waals surface area (Å²) in [6, 6.07) is -0.706. The van der Waals surface area contributed by atoms with Crippen LogP contribution in [0.25, 0.3) is 0 Å². The molecule has 3 unspecified atom stereocenters. The predicted octanol–water partition coefficient (Wildman–Crippen LogP) is 15.7. The van der Waals surface area contributed by atoms with Gasteiger partial charge in [-0.25, -0.2) is 0 Å². The Bertz CT molecular complexity index is 993. The van der Waals surface area contributed by atoms with Gasteiger partial charge in [0.2, 0.25) is 5.91 Å². The van der Waals surface area contributed by atoms with Gasteiger partial charge in [0, 0.05) is 6.42 Å². The van der Waals surface area contributed by atoms with Gasteiger partial charge >= 0.3 is 5.97 Å². The molecule has 6 heteroatoms. The molecule has 352 valence electrons. The average Bonchev–Trinajstić information content (AvgIpc) is 3.24. The lowest BCUT2D eigenvalue weighted by Gasteiger charge is -2.24. The first-order chi connectivity index (χ1) is 29.5. The summed E-state index contributed by atoms with van der Waals surface area (Å²) >= 11 is 0. The van der Waals surface area contributed by atoms with Gasteiger partial charge in [0.25, 0.3) is 0 Å². The molecule has 0 radical (unpaired) electrons. The van der Waals surface area contributed by atoms with Crippen molar-refractivity contribution in [3.8, 4) is 0 Å². The fraction of sp³-hybridized carbons (Fsp3) is 0.852. The monoisotopic (exact) mass is 844 g/mol. The van der Waals surface area contributed by atoms with Gasteiger partial charge in [0.1, 0.15) is 6.10 Å². The van der Waals surface area contributed by atoms with Crippen LogP contribution in [0.4, 0.5) is 0 Å². The van der Waals surface area contributed by atoms with Crippen molar-refractivity contribution in [2.75, 3.05) is 6.61 Å². The Labute approximate surface area is 373 Å². The molecule has 0 rings (SSSR count). The standard InChI is InChI=1S/C54H101NO5/c1-4-7-10-13-16-19-22-24-26-27-28-30-32-34-37-40-43-46-52(57)51(49-56)55-53(58)48-50(60-54(59)47-44-41-38-35-21-18-15-12-9-6-3)45-42-39-36-33-31-29-25-23-20-17-14-11-8-5-2/h8,11,17,20,25,29,50-52,56-57H,4-7,9-10,12-16,18-19,21-24,26-28,30-49H2,1-3H3,(H,55,58)/b11-8+,20-17+,29-25+. The Hall–Kier alpha value is -1.92. The number of allylic oxidation sites excluding steroid dienone is 6. The summed E-state index contributed by atoms with van der Waals surface area (Å²) in [5.74, 6) is -0.488. The highest BCUT2D eigenvalue weighted by Gasteiger charge is 2.24. The second-order valence-electron chi connectivity index (χ2n) is 17.9. The number of carbonyl (C=O) groups is 2. The highest BCUT2D eigenvalue weighted by Crippen LogP contribution is 2.18. The van der Waals surface area contributed by atoms with Crippen LogP contribution in [0.3, 0.4) is 0 Å². The molecule has 3 atom stereocenters. The molecular formula is C54H101NO5. The van der Waals surface area contributed by atoms with Gasteiger partial charge in [0.05, 0.1) is 25.2 Å². The highest BCUT2D eigenvalue weighted by molar-refractivity contribution is 5.77. The van der Waals surface area contributed by atoms with Crippen molar-refractivity contribution in [3.63, 3.8) is 0 Å². The lowest BCUT2D eigenvalue weighted by atomic mass is 10.0. The summed E-state index contributed by atoms with van der Waals surface area (Å²) in [5, 5.41) is 23.8. The molecule has 0 spiro atoms. The summed E-state index contributed by atoms with van der Waals surface area (Å²) in [7, 11) is 0. The number of hydrogen-bond donors (Lipinski definition) is 3. The molecule has 1 amide bonds. The lowest BCUT2D eigenvalue weighted by Crippen LogP contribution is -2.46. The quantitative estimate of drug-likeness (QED) is 0.0322. The molecule has 0 bridgehead atoms. The third kappa shape index (κ3) is 42.8. The molecule has 6 nitrogen and oxygen atoms in total. The first-order valence-corrected chi connectivity index (χ1v) is 26.2. The molecule has 0 aromatic heterocycles.